The molecule has 1 amide bonds. The molecule has 242 valence electrons. The van der Waals surface area contributed by atoms with E-state index in [1.165, 1.54) is 50.0 Å². The predicted molar refractivity (Wildman–Crippen MR) is 190 cm³/mol. The first-order chi connectivity index (χ1) is 21.4. The molecule has 1 aliphatic rings. The van der Waals surface area contributed by atoms with Gasteiger partial charge in [-0.05, 0) is 55.2 Å². The molecule has 9 heteroatoms. The minimum absolute atomic E-state index is 0.0728. The average molecular weight is 660 g/mol. The largest absolute Gasteiger partial charge is 0.354 e. The van der Waals surface area contributed by atoms with Crippen molar-refractivity contribution in [2.75, 3.05) is 36.4 Å². The fraction of sp³-hybridized carbons (Fsp3) is 0.543. The molecule has 0 saturated carbocycles. The van der Waals surface area contributed by atoms with Crippen LogP contribution in [0.4, 0.5) is 5.69 Å². The number of amides is 1. The van der Waals surface area contributed by atoms with E-state index in [1.807, 2.05) is 70.1 Å². The standard InChI is InChI=1S/C35H50NO5PS2/c1-30(2)16-8-4-6-14-26-43-44-27-15-7-5-13-24-40-42(3,38)41-29-39-25-23-35(37)36-28-33-19-10-9-17-31(33)21-22-32-18-11-12-20-34(32)36/h9-12,17-20,30,38H,3-8,13-16,23-29H2,1-2H3. The molecule has 1 atom stereocenters. The lowest BCUT2D eigenvalue weighted by Crippen LogP contribution is -2.32. The van der Waals surface area contributed by atoms with Gasteiger partial charge in [0.2, 0.25) is 13.5 Å². The number of fused-ring (bicyclic) bond motifs is 2. The lowest BCUT2D eigenvalue weighted by molar-refractivity contribution is -0.120. The van der Waals surface area contributed by atoms with Crippen molar-refractivity contribution in [3.63, 3.8) is 0 Å². The van der Waals surface area contributed by atoms with Crippen molar-refractivity contribution >= 4 is 47.0 Å². The summed E-state index contributed by atoms with van der Waals surface area (Å²) in [6.45, 7) is 5.41. The second-order valence-electron chi connectivity index (χ2n) is 11.4. The third-order valence-electron chi connectivity index (χ3n) is 7.23. The van der Waals surface area contributed by atoms with Crippen LogP contribution in [0.15, 0.2) is 48.5 Å². The summed E-state index contributed by atoms with van der Waals surface area (Å²) in [4.78, 5) is 25.4. The molecular formula is C35H50NO5PS2. The number of unbranched alkanes of at least 4 members (excludes halogenated alkanes) is 6. The van der Waals surface area contributed by atoms with Gasteiger partial charge in [0.25, 0.3) is 0 Å². The van der Waals surface area contributed by atoms with Crippen molar-refractivity contribution in [2.24, 2.45) is 5.92 Å². The molecule has 0 spiro atoms. The van der Waals surface area contributed by atoms with Gasteiger partial charge < -0.3 is 19.1 Å². The zero-order valence-corrected chi connectivity index (χ0v) is 29.0. The molecule has 2 aromatic rings. The Morgan fingerprint density at radius 1 is 0.886 bits per heavy atom. The normalized spacial score (nSPS) is 13.8. The summed E-state index contributed by atoms with van der Waals surface area (Å²) in [6, 6.07) is 15.6. The van der Waals surface area contributed by atoms with Gasteiger partial charge in [0.1, 0.15) is 0 Å². The Kier molecular flexibility index (Phi) is 17.7. The van der Waals surface area contributed by atoms with Crippen molar-refractivity contribution in [1.82, 2.24) is 0 Å². The number of rotatable bonds is 22. The fourth-order valence-electron chi connectivity index (χ4n) is 4.73. The fourth-order valence-corrected chi connectivity index (χ4v) is 7.75. The molecule has 0 aromatic heterocycles. The van der Waals surface area contributed by atoms with Crippen LogP contribution in [0, 0.1) is 17.8 Å². The Morgan fingerprint density at radius 2 is 1.52 bits per heavy atom. The topological polar surface area (TPSA) is 68.2 Å². The number of nitrogens with zero attached hydrogens (tertiary/aromatic N) is 1. The first kappa shape index (κ1) is 36.8. The van der Waals surface area contributed by atoms with Crippen molar-refractivity contribution in [1.29, 1.82) is 0 Å². The Labute approximate surface area is 273 Å². The molecule has 0 aliphatic carbocycles. The van der Waals surface area contributed by atoms with E-state index in [0.717, 1.165) is 47.6 Å². The number of hydrogen-bond donors (Lipinski definition) is 1. The van der Waals surface area contributed by atoms with Gasteiger partial charge in [0.15, 0.2) is 6.79 Å². The molecule has 1 N–H and O–H groups in total. The van der Waals surface area contributed by atoms with Crippen molar-refractivity contribution in [3.8, 4) is 11.8 Å². The van der Waals surface area contributed by atoms with Crippen molar-refractivity contribution < 1.29 is 23.5 Å². The second-order valence-corrected chi connectivity index (χ2v) is 15.9. The predicted octanol–water partition coefficient (Wildman–Crippen LogP) is 9.07. The molecule has 6 nitrogen and oxygen atoms in total. The lowest BCUT2D eigenvalue weighted by Gasteiger charge is -2.26. The van der Waals surface area contributed by atoms with Gasteiger partial charge in [-0.15, -0.1) is 0 Å². The maximum Gasteiger partial charge on any atom is 0.250 e. The van der Waals surface area contributed by atoms with Crippen LogP contribution in [0.1, 0.15) is 94.7 Å². The van der Waals surface area contributed by atoms with E-state index in [4.69, 9.17) is 13.8 Å². The Balaban J connectivity index is 1.22. The molecule has 0 fully saturated rings. The van der Waals surface area contributed by atoms with Gasteiger partial charge in [0.05, 0.1) is 31.9 Å². The molecular weight excluding hydrogens is 609 g/mol. The summed E-state index contributed by atoms with van der Waals surface area (Å²) in [5.74, 6) is 9.63. The highest BCUT2D eigenvalue weighted by atomic mass is 33.1. The SMILES string of the molecule is C=P(O)(OCCCCCCSSCCCCCCC(C)C)OCOCCC(=O)N1Cc2ccccc2C#Cc2ccccc21. The molecule has 3 rings (SSSR count). The van der Waals surface area contributed by atoms with Crippen LogP contribution in [-0.4, -0.2) is 48.6 Å². The second kappa shape index (κ2) is 21.2. The molecule has 0 saturated heterocycles. The van der Waals surface area contributed by atoms with Gasteiger partial charge in [0, 0.05) is 22.6 Å². The van der Waals surface area contributed by atoms with Gasteiger partial charge in [-0.25, -0.2) is 0 Å². The van der Waals surface area contributed by atoms with Crippen LogP contribution in [0.25, 0.3) is 0 Å². The average Bonchev–Trinajstić information content (AvgIpc) is 2.99. The van der Waals surface area contributed by atoms with E-state index in [-0.39, 0.29) is 25.7 Å². The van der Waals surface area contributed by atoms with E-state index in [0.29, 0.717) is 13.2 Å². The van der Waals surface area contributed by atoms with Gasteiger partial charge >= 0.3 is 0 Å². The Morgan fingerprint density at radius 3 is 2.27 bits per heavy atom. The quantitative estimate of drug-likeness (QED) is 0.0445. The van der Waals surface area contributed by atoms with Crippen molar-refractivity contribution in [2.45, 2.75) is 84.6 Å². The maximum absolute atomic E-state index is 13.2. The first-order valence-corrected chi connectivity index (χ1v) is 20.2. The van der Waals surface area contributed by atoms with E-state index in [1.54, 1.807) is 4.90 Å². The number of para-hydroxylation sites is 1. The van der Waals surface area contributed by atoms with E-state index in [9.17, 15) is 9.69 Å². The molecule has 1 aliphatic heterocycles. The molecule has 2 aromatic carbocycles. The third-order valence-corrected chi connectivity index (χ3v) is 10.9. The van der Waals surface area contributed by atoms with Gasteiger partial charge in [-0.3, -0.25) is 9.32 Å². The molecule has 1 unspecified atom stereocenters. The van der Waals surface area contributed by atoms with Crippen molar-refractivity contribution in [3.05, 3.63) is 65.2 Å². The summed E-state index contributed by atoms with van der Waals surface area (Å²) in [6.07, 6.45) is 14.9. The number of hydrogen-bond acceptors (Lipinski definition) is 7. The minimum Gasteiger partial charge on any atom is -0.354 e. The van der Waals surface area contributed by atoms with E-state index in [2.05, 4.69) is 32.0 Å². The zero-order chi connectivity index (χ0) is 31.5. The first-order valence-electron chi connectivity index (χ1n) is 15.9. The number of carbonyl (C=O) groups excluding carboxylic acids is 1. The summed E-state index contributed by atoms with van der Waals surface area (Å²) in [7, 11) is 0.787. The zero-order valence-electron chi connectivity index (χ0n) is 26.5. The third kappa shape index (κ3) is 14.6. The molecule has 1 heterocycles. The Bertz CT molecular complexity index is 1240. The molecule has 0 radical (unpaired) electrons. The maximum atomic E-state index is 13.2. The van der Waals surface area contributed by atoms with Crippen LogP contribution in [0.3, 0.4) is 0 Å². The highest BCUT2D eigenvalue weighted by Crippen LogP contribution is 2.42. The number of ether oxygens (including phenoxy) is 1. The van der Waals surface area contributed by atoms with Gasteiger partial charge in [-0.1, -0.05) is 116 Å². The van der Waals surface area contributed by atoms with Crippen LogP contribution >= 0.6 is 29.2 Å². The highest BCUT2D eigenvalue weighted by Gasteiger charge is 2.21. The summed E-state index contributed by atoms with van der Waals surface area (Å²) in [5, 5.41) is 0. The summed E-state index contributed by atoms with van der Waals surface area (Å²) in [5.41, 5.74) is 3.53. The molecule has 0 bridgehead atoms. The van der Waals surface area contributed by atoms with E-state index < -0.39 is 7.57 Å². The lowest BCUT2D eigenvalue weighted by atomic mass is 10.0. The number of carbonyl (C=O) groups is 1. The summed E-state index contributed by atoms with van der Waals surface area (Å²) < 4.78 is 16.4. The number of benzene rings is 2. The number of anilines is 1. The molecule has 44 heavy (non-hydrogen) atoms. The monoisotopic (exact) mass is 659 g/mol. The van der Waals surface area contributed by atoms with Crippen LogP contribution in [0.5, 0.6) is 0 Å². The smallest absolute Gasteiger partial charge is 0.250 e. The highest BCUT2D eigenvalue weighted by molar-refractivity contribution is 8.76. The van der Waals surface area contributed by atoms with Crippen LogP contribution < -0.4 is 4.90 Å². The van der Waals surface area contributed by atoms with Gasteiger partial charge in [-0.2, -0.15) is 0 Å². The Hall–Kier alpha value is -1.69. The minimum atomic E-state index is -3.21. The van der Waals surface area contributed by atoms with Crippen LogP contribution in [-0.2, 0) is 25.1 Å². The van der Waals surface area contributed by atoms with E-state index >= 15 is 0 Å². The summed E-state index contributed by atoms with van der Waals surface area (Å²) >= 11 is 0. The van der Waals surface area contributed by atoms with Crippen LogP contribution in [0.2, 0.25) is 0 Å².